The lowest BCUT2D eigenvalue weighted by Gasteiger charge is -2.08. The molecule has 1 aromatic heterocycles. The summed E-state index contributed by atoms with van der Waals surface area (Å²) in [6, 6.07) is 7.45. The molecule has 0 amide bonds. The van der Waals surface area contributed by atoms with Gasteiger partial charge in [0, 0.05) is 18.8 Å². The second-order valence-electron chi connectivity index (χ2n) is 5.08. The fourth-order valence-electron chi connectivity index (χ4n) is 2.29. The Hall–Kier alpha value is -1.68. The highest BCUT2D eigenvalue weighted by atomic mass is 19.1. The highest BCUT2D eigenvalue weighted by Gasteiger charge is 2.24. The van der Waals surface area contributed by atoms with Gasteiger partial charge in [-0.05, 0) is 43.5 Å². The van der Waals surface area contributed by atoms with Crippen molar-refractivity contribution in [3.63, 3.8) is 0 Å². The number of benzene rings is 1. The Balaban J connectivity index is 1.46. The molecule has 0 unspecified atom stereocenters. The van der Waals surface area contributed by atoms with Gasteiger partial charge >= 0.3 is 0 Å². The molecule has 3 nitrogen and oxygen atoms in total. The zero-order valence-electron chi connectivity index (χ0n) is 10.8. The van der Waals surface area contributed by atoms with E-state index in [-0.39, 0.29) is 5.82 Å². The normalized spacial score (nSPS) is 14.8. The van der Waals surface area contributed by atoms with E-state index in [1.54, 1.807) is 12.1 Å². The summed E-state index contributed by atoms with van der Waals surface area (Å²) in [4.78, 5) is 4.21. The van der Waals surface area contributed by atoms with Crippen LogP contribution in [0.2, 0.25) is 0 Å². The molecule has 3 rings (SSSR count). The van der Waals surface area contributed by atoms with Crippen molar-refractivity contribution < 1.29 is 4.39 Å². The molecule has 0 bridgehead atoms. The van der Waals surface area contributed by atoms with Gasteiger partial charge in [-0.1, -0.05) is 12.1 Å². The summed E-state index contributed by atoms with van der Waals surface area (Å²) in [5, 5.41) is 3.40. The second-order valence-corrected chi connectivity index (χ2v) is 5.08. The molecule has 1 aliphatic rings. The molecule has 2 aromatic rings. The summed E-state index contributed by atoms with van der Waals surface area (Å²) in [7, 11) is 0. The summed E-state index contributed by atoms with van der Waals surface area (Å²) in [6.45, 7) is 1.67. The van der Waals surface area contributed by atoms with Gasteiger partial charge in [0.05, 0.1) is 12.0 Å². The standard InChI is InChI=1S/C15H18FN3/c16-13-3-1-2-12(8-13)6-7-17-9-15-10-18-11-19(15)14-4-5-14/h1-3,8,10-11,14,17H,4-7,9H2. The molecule has 19 heavy (non-hydrogen) atoms. The molecule has 0 spiro atoms. The van der Waals surface area contributed by atoms with E-state index in [1.807, 2.05) is 18.6 Å². The Labute approximate surface area is 112 Å². The van der Waals surface area contributed by atoms with Gasteiger partial charge in [0.25, 0.3) is 0 Å². The van der Waals surface area contributed by atoms with Gasteiger partial charge in [0.15, 0.2) is 0 Å². The maximum absolute atomic E-state index is 13.0. The topological polar surface area (TPSA) is 29.9 Å². The van der Waals surface area contributed by atoms with Crippen molar-refractivity contribution in [2.24, 2.45) is 0 Å². The molecule has 1 aromatic carbocycles. The Morgan fingerprint density at radius 1 is 1.37 bits per heavy atom. The number of nitrogens with one attached hydrogen (secondary N) is 1. The van der Waals surface area contributed by atoms with Crippen LogP contribution in [0.15, 0.2) is 36.8 Å². The molecular formula is C15H18FN3. The third-order valence-corrected chi connectivity index (χ3v) is 3.47. The highest BCUT2D eigenvalue weighted by Crippen LogP contribution is 2.35. The van der Waals surface area contributed by atoms with Crippen LogP contribution in [0, 0.1) is 5.82 Å². The minimum atomic E-state index is -0.163. The van der Waals surface area contributed by atoms with Crippen molar-refractivity contribution in [1.82, 2.24) is 14.9 Å². The number of imidazole rings is 1. The van der Waals surface area contributed by atoms with Crippen molar-refractivity contribution >= 4 is 0 Å². The maximum Gasteiger partial charge on any atom is 0.123 e. The Bertz CT molecular complexity index is 546. The molecule has 1 saturated carbocycles. The van der Waals surface area contributed by atoms with Crippen LogP contribution in [0.4, 0.5) is 4.39 Å². The van der Waals surface area contributed by atoms with Crippen molar-refractivity contribution in [3.8, 4) is 0 Å². The minimum absolute atomic E-state index is 0.163. The fourth-order valence-corrected chi connectivity index (χ4v) is 2.29. The van der Waals surface area contributed by atoms with Gasteiger partial charge in [0.2, 0.25) is 0 Å². The Kier molecular flexibility index (Phi) is 3.60. The van der Waals surface area contributed by atoms with Crippen LogP contribution in [-0.2, 0) is 13.0 Å². The maximum atomic E-state index is 13.0. The first kappa shape index (κ1) is 12.4. The van der Waals surface area contributed by atoms with E-state index in [9.17, 15) is 4.39 Å². The molecule has 0 aliphatic heterocycles. The molecule has 1 aliphatic carbocycles. The summed E-state index contributed by atoms with van der Waals surface area (Å²) in [6.07, 6.45) is 7.23. The van der Waals surface area contributed by atoms with Crippen LogP contribution in [0.25, 0.3) is 0 Å². The van der Waals surface area contributed by atoms with Crippen molar-refractivity contribution in [1.29, 1.82) is 0 Å². The molecule has 0 radical (unpaired) electrons. The van der Waals surface area contributed by atoms with Crippen LogP contribution in [0.5, 0.6) is 0 Å². The van der Waals surface area contributed by atoms with Gasteiger partial charge < -0.3 is 9.88 Å². The van der Waals surface area contributed by atoms with Gasteiger partial charge in [-0.3, -0.25) is 0 Å². The van der Waals surface area contributed by atoms with Crippen LogP contribution in [-0.4, -0.2) is 16.1 Å². The number of nitrogens with zero attached hydrogens (tertiary/aromatic N) is 2. The van der Waals surface area contributed by atoms with E-state index < -0.39 is 0 Å². The highest BCUT2D eigenvalue weighted by molar-refractivity contribution is 5.16. The lowest BCUT2D eigenvalue weighted by atomic mass is 10.1. The largest absolute Gasteiger partial charge is 0.330 e. The van der Waals surface area contributed by atoms with E-state index in [4.69, 9.17) is 0 Å². The molecular weight excluding hydrogens is 241 g/mol. The molecule has 1 heterocycles. The van der Waals surface area contributed by atoms with E-state index in [1.165, 1.54) is 24.6 Å². The fraction of sp³-hybridized carbons (Fsp3) is 0.400. The predicted octanol–water partition coefficient (Wildman–Crippen LogP) is 2.69. The molecule has 100 valence electrons. The summed E-state index contributed by atoms with van der Waals surface area (Å²) < 4.78 is 15.3. The zero-order valence-corrected chi connectivity index (χ0v) is 10.8. The summed E-state index contributed by atoms with van der Waals surface area (Å²) in [5.41, 5.74) is 2.27. The van der Waals surface area contributed by atoms with Crippen LogP contribution in [0.3, 0.4) is 0 Å². The average Bonchev–Trinajstić information content (AvgIpc) is 3.14. The van der Waals surface area contributed by atoms with Crippen LogP contribution < -0.4 is 5.32 Å². The van der Waals surface area contributed by atoms with E-state index in [0.717, 1.165) is 25.1 Å². The lowest BCUT2D eigenvalue weighted by Crippen LogP contribution is -2.18. The molecule has 0 saturated heterocycles. The first-order valence-corrected chi connectivity index (χ1v) is 6.79. The third kappa shape index (κ3) is 3.20. The Morgan fingerprint density at radius 3 is 3.05 bits per heavy atom. The SMILES string of the molecule is Fc1cccc(CCNCc2cncn2C2CC2)c1. The van der Waals surface area contributed by atoms with E-state index in [0.29, 0.717) is 6.04 Å². The number of aromatic nitrogens is 2. The Morgan fingerprint density at radius 2 is 2.26 bits per heavy atom. The summed E-state index contributed by atoms with van der Waals surface area (Å²) in [5.74, 6) is -0.163. The van der Waals surface area contributed by atoms with E-state index >= 15 is 0 Å². The molecule has 1 fully saturated rings. The van der Waals surface area contributed by atoms with Gasteiger partial charge in [0.1, 0.15) is 5.82 Å². The number of rotatable bonds is 6. The second kappa shape index (κ2) is 5.53. The minimum Gasteiger partial charge on any atom is -0.330 e. The monoisotopic (exact) mass is 259 g/mol. The van der Waals surface area contributed by atoms with Crippen molar-refractivity contribution in [3.05, 3.63) is 53.9 Å². The molecule has 1 N–H and O–H groups in total. The molecule has 4 heteroatoms. The molecule has 0 atom stereocenters. The van der Waals surface area contributed by atoms with Gasteiger partial charge in [-0.15, -0.1) is 0 Å². The van der Waals surface area contributed by atoms with Crippen molar-refractivity contribution in [2.45, 2.75) is 31.8 Å². The van der Waals surface area contributed by atoms with Crippen LogP contribution in [0.1, 0.15) is 30.1 Å². The smallest absolute Gasteiger partial charge is 0.123 e. The summed E-state index contributed by atoms with van der Waals surface area (Å²) >= 11 is 0. The number of hydrogen-bond donors (Lipinski definition) is 1. The lowest BCUT2D eigenvalue weighted by molar-refractivity contribution is 0.612. The quantitative estimate of drug-likeness (QED) is 0.808. The van der Waals surface area contributed by atoms with E-state index in [2.05, 4.69) is 14.9 Å². The van der Waals surface area contributed by atoms with Gasteiger partial charge in [-0.2, -0.15) is 0 Å². The number of halogens is 1. The van der Waals surface area contributed by atoms with Crippen molar-refractivity contribution in [2.75, 3.05) is 6.54 Å². The third-order valence-electron chi connectivity index (χ3n) is 3.47. The number of hydrogen-bond acceptors (Lipinski definition) is 2. The van der Waals surface area contributed by atoms with Gasteiger partial charge in [-0.25, -0.2) is 9.37 Å². The zero-order chi connectivity index (χ0) is 13.1. The van der Waals surface area contributed by atoms with Crippen LogP contribution >= 0.6 is 0 Å². The average molecular weight is 259 g/mol. The first-order valence-electron chi connectivity index (χ1n) is 6.79. The first-order chi connectivity index (χ1) is 9.33. The predicted molar refractivity (Wildman–Crippen MR) is 72.3 cm³/mol.